The number of benzene rings is 1. The van der Waals surface area contributed by atoms with Crippen LogP contribution in [0.3, 0.4) is 0 Å². The highest BCUT2D eigenvalue weighted by atomic mass is 35.5. The van der Waals surface area contributed by atoms with Crippen LogP contribution in [0.5, 0.6) is 5.75 Å². The molecule has 1 saturated carbocycles. The van der Waals surface area contributed by atoms with Gasteiger partial charge in [0.05, 0.1) is 5.02 Å². The summed E-state index contributed by atoms with van der Waals surface area (Å²) in [7, 11) is 0. The van der Waals surface area contributed by atoms with Crippen molar-refractivity contribution in [1.82, 2.24) is 5.32 Å². The average molecular weight is 269 g/mol. The highest BCUT2D eigenvalue weighted by Crippen LogP contribution is 2.26. The van der Waals surface area contributed by atoms with Gasteiger partial charge in [-0.15, -0.1) is 0 Å². The Morgan fingerprint density at radius 1 is 1.61 bits per heavy atom. The summed E-state index contributed by atoms with van der Waals surface area (Å²) in [6, 6.07) is 5.67. The molecule has 1 aliphatic rings. The maximum Gasteiger partial charge on any atom is 0.260 e. The van der Waals surface area contributed by atoms with Gasteiger partial charge in [0, 0.05) is 12.6 Å². The summed E-state index contributed by atoms with van der Waals surface area (Å²) in [5.41, 5.74) is 6.45. The van der Waals surface area contributed by atoms with Crippen LogP contribution < -0.4 is 15.8 Å². The monoisotopic (exact) mass is 268 g/mol. The van der Waals surface area contributed by atoms with Gasteiger partial charge in [0.1, 0.15) is 5.75 Å². The maximum atomic E-state index is 11.7. The summed E-state index contributed by atoms with van der Waals surface area (Å²) >= 11 is 6.06. The lowest BCUT2D eigenvalue weighted by Gasteiger charge is -2.15. The van der Waals surface area contributed by atoms with Crippen LogP contribution in [0, 0.1) is 0 Å². The van der Waals surface area contributed by atoms with E-state index in [2.05, 4.69) is 5.32 Å². The Labute approximate surface area is 111 Å². The third-order valence-corrected chi connectivity index (χ3v) is 3.12. The molecule has 2 rings (SSSR count). The predicted octanol–water partition coefficient (Wildman–Crippen LogP) is 1.84. The van der Waals surface area contributed by atoms with Gasteiger partial charge < -0.3 is 15.8 Å². The molecule has 18 heavy (non-hydrogen) atoms. The van der Waals surface area contributed by atoms with Gasteiger partial charge in [-0.1, -0.05) is 17.7 Å². The van der Waals surface area contributed by atoms with E-state index in [1.165, 1.54) is 0 Å². The first-order valence-corrected chi connectivity index (χ1v) is 6.43. The molecule has 0 radical (unpaired) electrons. The van der Waals surface area contributed by atoms with Crippen molar-refractivity contribution < 1.29 is 9.53 Å². The van der Waals surface area contributed by atoms with Crippen LogP contribution in [-0.4, -0.2) is 18.1 Å². The van der Waals surface area contributed by atoms with Gasteiger partial charge in [0.15, 0.2) is 6.10 Å². The lowest BCUT2D eigenvalue weighted by molar-refractivity contribution is -0.127. The van der Waals surface area contributed by atoms with Crippen molar-refractivity contribution in [1.29, 1.82) is 0 Å². The summed E-state index contributed by atoms with van der Waals surface area (Å²) in [6.45, 7) is 2.14. The summed E-state index contributed by atoms with van der Waals surface area (Å²) in [5.74, 6) is 0.406. The molecule has 0 spiro atoms. The molecule has 0 heterocycles. The quantitative estimate of drug-likeness (QED) is 0.857. The van der Waals surface area contributed by atoms with Crippen molar-refractivity contribution in [2.75, 3.05) is 0 Å². The number of hydrogen-bond donors (Lipinski definition) is 2. The summed E-state index contributed by atoms with van der Waals surface area (Å²) < 4.78 is 5.55. The third-order valence-electron chi connectivity index (χ3n) is 2.83. The van der Waals surface area contributed by atoms with E-state index in [0.717, 1.165) is 18.4 Å². The Morgan fingerprint density at radius 2 is 2.33 bits per heavy atom. The normalized spacial score (nSPS) is 16.2. The second-order valence-electron chi connectivity index (χ2n) is 4.51. The number of nitrogens with two attached hydrogens (primary N) is 1. The highest BCUT2D eigenvalue weighted by Gasteiger charge is 2.26. The molecule has 1 aliphatic carbocycles. The van der Waals surface area contributed by atoms with E-state index in [9.17, 15) is 4.79 Å². The fourth-order valence-corrected chi connectivity index (χ4v) is 1.80. The second-order valence-corrected chi connectivity index (χ2v) is 4.92. The van der Waals surface area contributed by atoms with Crippen LogP contribution in [0.15, 0.2) is 18.2 Å². The van der Waals surface area contributed by atoms with Crippen LogP contribution in [0.4, 0.5) is 0 Å². The van der Waals surface area contributed by atoms with Crippen LogP contribution in [0.2, 0.25) is 5.02 Å². The lowest BCUT2D eigenvalue weighted by atomic mass is 10.2. The van der Waals surface area contributed by atoms with Gasteiger partial charge in [0.25, 0.3) is 5.91 Å². The van der Waals surface area contributed by atoms with E-state index in [0.29, 0.717) is 23.4 Å². The predicted molar refractivity (Wildman–Crippen MR) is 70.6 cm³/mol. The number of ether oxygens (including phenoxy) is 1. The molecular weight excluding hydrogens is 252 g/mol. The van der Waals surface area contributed by atoms with Crippen molar-refractivity contribution in [3.05, 3.63) is 28.8 Å². The van der Waals surface area contributed by atoms with E-state index in [4.69, 9.17) is 22.1 Å². The molecule has 1 amide bonds. The molecule has 1 fully saturated rings. The summed E-state index contributed by atoms with van der Waals surface area (Å²) in [4.78, 5) is 11.7. The van der Waals surface area contributed by atoms with Gasteiger partial charge in [-0.2, -0.15) is 0 Å². The number of halogens is 1. The van der Waals surface area contributed by atoms with Crippen LogP contribution in [0.25, 0.3) is 0 Å². The zero-order valence-electron chi connectivity index (χ0n) is 10.3. The fraction of sp³-hybridized carbons (Fsp3) is 0.462. The largest absolute Gasteiger partial charge is 0.479 e. The van der Waals surface area contributed by atoms with Gasteiger partial charge in [0.2, 0.25) is 0 Å². The SMILES string of the molecule is CC(Oc1ccc(CN)cc1Cl)C(=O)NC1CC1. The molecule has 1 aromatic rings. The maximum absolute atomic E-state index is 11.7. The standard InChI is InChI=1S/C13H17ClN2O2/c1-8(13(17)16-10-3-4-10)18-12-5-2-9(7-15)6-11(12)14/h2,5-6,8,10H,3-4,7,15H2,1H3,(H,16,17). The molecule has 0 saturated heterocycles. The Balaban J connectivity index is 1.96. The number of carbonyl (C=O) groups excluding carboxylic acids is 1. The van der Waals surface area contributed by atoms with Crippen LogP contribution in [-0.2, 0) is 11.3 Å². The summed E-state index contributed by atoms with van der Waals surface area (Å²) in [6.07, 6.45) is 1.57. The van der Waals surface area contributed by atoms with Crippen molar-refractivity contribution in [2.45, 2.75) is 38.5 Å². The Hall–Kier alpha value is -1.26. The summed E-state index contributed by atoms with van der Waals surface area (Å²) in [5, 5.41) is 3.36. The lowest BCUT2D eigenvalue weighted by Crippen LogP contribution is -2.37. The molecule has 3 N–H and O–H groups in total. The second kappa shape index (κ2) is 5.59. The minimum atomic E-state index is -0.549. The Kier molecular flexibility index (Phi) is 4.09. The number of carbonyl (C=O) groups is 1. The zero-order chi connectivity index (χ0) is 13.1. The molecule has 98 valence electrons. The number of nitrogens with one attached hydrogen (secondary N) is 1. The van der Waals surface area contributed by atoms with Crippen LogP contribution >= 0.6 is 11.6 Å². The van der Waals surface area contributed by atoms with Gasteiger partial charge in [-0.05, 0) is 37.5 Å². The van der Waals surface area contributed by atoms with Crippen molar-refractivity contribution in [3.63, 3.8) is 0 Å². The number of rotatable bonds is 5. The van der Waals surface area contributed by atoms with E-state index < -0.39 is 6.10 Å². The molecule has 1 aromatic carbocycles. The molecule has 5 heteroatoms. The van der Waals surface area contributed by atoms with Gasteiger partial charge in [-0.3, -0.25) is 4.79 Å². The smallest absolute Gasteiger partial charge is 0.260 e. The molecule has 0 bridgehead atoms. The molecule has 0 aliphatic heterocycles. The molecule has 4 nitrogen and oxygen atoms in total. The van der Waals surface area contributed by atoms with E-state index in [1.54, 1.807) is 19.1 Å². The number of hydrogen-bond acceptors (Lipinski definition) is 3. The first-order valence-electron chi connectivity index (χ1n) is 6.05. The first-order chi connectivity index (χ1) is 8.60. The molecule has 0 aromatic heterocycles. The molecule has 1 unspecified atom stereocenters. The molecular formula is C13H17ClN2O2. The van der Waals surface area contributed by atoms with Gasteiger partial charge in [-0.25, -0.2) is 0 Å². The van der Waals surface area contributed by atoms with Crippen LogP contribution in [0.1, 0.15) is 25.3 Å². The van der Waals surface area contributed by atoms with E-state index in [-0.39, 0.29) is 5.91 Å². The van der Waals surface area contributed by atoms with Crippen molar-refractivity contribution in [2.24, 2.45) is 5.73 Å². The third kappa shape index (κ3) is 3.37. The number of amides is 1. The fourth-order valence-electron chi connectivity index (χ4n) is 1.56. The minimum absolute atomic E-state index is 0.100. The molecule has 1 atom stereocenters. The van der Waals surface area contributed by atoms with E-state index >= 15 is 0 Å². The Morgan fingerprint density at radius 3 is 2.89 bits per heavy atom. The van der Waals surface area contributed by atoms with Crippen molar-refractivity contribution in [3.8, 4) is 5.75 Å². The minimum Gasteiger partial charge on any atom is -0.479 e. The highest BCUT2D eigenvalue weighted by molar-refractivity contribution is 6.32. The first kappa shape index (κ1) is 13.2. The Bertz CT molecular complexity index is 447. The zero-order valence-corrected chi connectivity index (χ0v) is 11.0. The topological polar surface area (TPSA) is 64.3 Å². The van der Waals surface area contributed by atoms with Crippen molar-refractivity contribution >= 4 is 17.5 Å². The van der Waals surface area contributed by atoms with E-state index in [1.807, 2.05) is 6.07 Å². The van der Waals surface area contributed by atoms with Gasteiger partial charge >= 0.3 is 0 Å². The average Bonchev–Trinajstić information content (AvgIpc) is 3.15.